The zero-order chi connectivity index (χ0) is 22.7. The van der Waals surface area contributed by atoms with Crippen molar-refractivity contribution in [1.29, 1.82) is 0 Å². The average molecular weight is 431 g/mol. The molecule has 1 aliphatic heterocycles. The number of fused-ring (bicyclic) bond motifs is 1. The lowest BCUT2D eigenvalue weighted by atomic mass is 9.87. The van der Waals surface area contributed by atoms with Crippen LogP contribution in [0.1, 0.15) is 33.9 Å². The Labute approximate surface area is 190 Å². The molecule has 5 heteroatoms. The first kappa shape index (κ1) is 21.9. The molecule has 0 spiro atoms. The molecule has 3 aromatic rings. The summed E-state index contributed by atoms with van der Waals surface area (Å²) in [4.78, 5) is 15.3. The average Bonchev–Trinajstić information content (AvgIpc) is 2.80. The highest BCUT2D eigenvalue weighted by molar-refractivity contribution is 5.93. The van der Waals surface area contributed by atoms with Gasteiger partial charge in [0.25, 0.3) is 0 Å². The van der Waals surface area contributed by atoms with Gasteiger partial charge in [-0.25, -0.2) is 0 Å². The van der Waals surface area contributed by atoms with Crippen LogP contribution >= 0.6 is 0 Å². The third kappa shape index (κ3) is 4.48. The lowest BCUT2D eigenvalue weighted by Crippen LogP contribution is -2.41. The second kappa shape index (κ2) is 9.45. The predicted molar refractivity (Wildman–Crippen MR) is 128 cm³/mol. The Hall–Kier alpha value is -3.31. The lowest BCUT2D eigenvalue weighted by Gasteiger charge is -2.37. The molecule has 0 aromatic heterocycles. The van der Waals surface area contributed by atoms with Gasteiger partial charge in [-0.2, -0.15) is 0 Å². The summed E-state index contributed by atoms with van der Waals surface area (Å²) in [5, 5.41) is 3.10. The van der Waals surface area contributed by atoms with Gasteiger partial charge in [-0.3, -0.25) is 9.69 Å². The summed E-state index contributed by atoms with van der Waals surface area (Å²) in [6.45, 7) is 5.16. The first-order valence-corrected chi connectivity index (χ1v) is 10.9. The molecule has 1 N–H and O–H groups in total. The number of anilines is 1. The van der Waals surface area contributed by atoms with Crippen molar-refractivity contribution < 1.29 is 14.3 Å². The molecule has 5 nitrogen and oxygen atoms in total. The smallest absolute Gasteiger partial charge is 0.238 e. The zero-order valence-electron chi connectivity index (χ0n) is 19.1. The number of nitrogens with zero attached hydrogens (tertiary/aromatic N) is 1. The fourth-order valence-corrected chi connectivity index (χ4v) is 4.52. The van der Waals surface area contributed by atoms with Crippen molar-refractivity contribution in [3.05, 3.63) is 88.5 Å². The summed E-state index contributed by atoms with van der Waals surface area (Å²) in [6.07, 6.45) is 0.843. The molecule has 1 heterocycles. The van der Waals surface area contributed by atoms with Gasteiger partial charge in [-0.1, -0.05) is 48.0 Å². The molecule has 4 rings (SSSR count). The molecule has 0 aliphatic carbocycles. The van der Waals surface area contributed by atoms with E-state index in [-0.39, 0.29) is 11.9 Å². The maximum absolute atomic E-state index is 13.0. The van der Waals surface area contributed by atoms with E-state index < -0.39 is 0 Å². The maximum atomic E-state index is 13.0. The third-order valence-corrected chi connectivity index (χ3v) is 6.09. The minimum Gasteiger partial charge on any atom is -0.493 e. The van der Waals surface area contributed by atoms with E-state index in [0.29, 0.717) is 12.3 Å². The predicted octanol–water partition coefficient (Wildman–Crippen LogP) is 4.91. The highest BCUT2D eigenvalue weighted by Gasteiger charge is 2.31. The van der Waals surface area contributed by atoms with Crippen LogP contribution in [0.3, 0.4) is 0 Å². The summed E-state index contributed by atoms with van der Waals surface area (Å²) in [6, 6.07) is 20.5. The summed E-state index contributed by atoms with van der Waals surface area (Å²) in [5.74, 6) is 1.43. The normalized spacial score (nSPS) is 15.7. The third-order valence-electron chi connectivity index (χ3n) is 6.09. The SMILES string of the molecule is COc1cc2c(cc1OC)C(c1ccccc1)N(CC(=O)Nc1ccc(C)cc1C)CC2. The Balaban J connectivity index is 1.65. The molecule has 0 bridgehead atoms. The molecular weight excluding hydrogens is 400 g/mol. The number of carbonyl (C=O) groups is 1. The molecule has 0 saturated heterocycles. The zero-order valence-corrected chi connectivity index (χ0v) is 19.1. The molecule has 32 heavy (non-hydrogen) atoms. The van der Waals surface area contributed by atoms with Gasteiger partial charge in [0, 0.05) is 12.2 Å². The minimum atomic E-state index is -0.0374. The van der Waals surface area contributed by atoms with Gasteiger partial charge in [-0.05, 0) is 60.7 Å². The van der Waals surface area contributed by atoms with Crippen LogP contribution in [0.4, 0.5) is 5.69 Å². The summed E-state index contributed by atoms with van der Waals surface area (Å²) in [5.41, 5.74) is 6.64. The number of hydrogen-bond acceptors (Lipinski definition) is 4. The number of ether oxygens (including phenoxy) is 2. The number of hydrogen-bond donors (Lipinski definition) is 1. The van der Waals surface area contributed by atoms with Crippen LogP contribution in [0, 0.1) is 13.8 Å². The highest BCUT2D eigenvalue weighted by Crippen LogP contribution is 2.40. The van der Waals surface area contributed by atoms with Crippen molar-refractivity contribution in [2.75, 3.05) is 32.6 Å². The van der Waals surface area contributed by atoms with Crippen molar-refractivity contribution in [3.8, 4) is 11.5 Å². The van der Waals surface area contributed by atoms with Gasteiger partial charge in [0.15, 0.2) is 11.5 Å². The summed E-state index contributed by atoms with van der Waals surface area (Å²) < 4.78 is 11.1. The van der Waals surface area contributed by atoms with E-state index in [9.17, 15) is 4.79 Å². The van der Waals surface area contributed by atoms with Crippen LogP contribution in [0.15, 0.2) is 60.7 Å². The van der Waals surface area contributed by atoms with Crippen molar-refractivity contribution in [3.63, 3.8) is 0 Å². The van der Waals surface area contributed by atoms with E-state index in [1.54, 1.807) is 14.2 Å². The molecule has 0 radical (unpaired) electrons. The molecule has 0 fully saturated rings. The number of amides is 1. The molecule has 1 amide bonds. The van der Waals surface area contributed by atoms with Gasteiger partial charge in [-0.15, -0.1) is 0 Å². The minimum absolute atomic E-state index is 0.0122. The molecule has 1 aliphatic rings. The number of carbonyl (C=O) groups excluding carboxylic acids is 1. The van der Waals surface area contributed by atoms with Gasteiger partial charge in [0.1, 0.15) is 0 Å². The van der Waals surface area contributed by atoms with Crippen molar-refractivity contribution >= 4 is 11.6 Å². The van der Waals surface area contributed by atoms with E-state index in [4.69, 9.17) is 9.47 Å². The van der Waals surface area contributed by atoms with Crippen molar-refractivity contribution in [2.45, 2.75) is 26.3 Å². The number of methoxy groups -OCH3 is 2. The van der Waals surface area contributed by atoms with E-state index in [2.05, 4.69) is 47.5 Å². The topological polar surface area (TPSA) is 50.8 Å². The van der Waals surface area contributed by atoms with E-state index in [1.165, 1.54) is 11.1 Å². The molecule has 0 saturated carbocycles. The van der Waals surface area contributed by atoms with E-state index in [1.807, 2.05) is 37.3 Å². The fraction of sp³-hybridized carbons (Fsp3) is 0.296. The van der Waals surface area contributed by atoms with Gasteiger partial charge < -0.3 is 14.8 Å². The molecule has 1 unspecified atom stereocenters. The Morgan fingerprint density at radius 3 is 2.41 bits per heavy atom. The van der Waals surface area contributed by atoms with Crippen LogP contribution in [0.5, 0.6) is 11.5 Å². The van der Waals surface area contributed by atoms with Gasteiger partial charge in [0.05, 0.1) is 26.8 Å². The second-order valence-electron chi connectivity index (χ2n) is 8.31. The second-order valence-corrected chi connectivity index (χ2v) is 8.31. The maximum Gasteiger partial charge on any atom is 0.238 e. The molecular formula is C27H30N2O3. The number of benzene rings is 3. The van der Waals surface area contributed by atoms with Crippen LogP contribution in [0.2, 0.25) is 0 Å². The summed E-state index contributed by atoms with van der Waals surface area (Å²) >= 11 is 0. The quantitative estimate of drug-likeness (QED) is 0.604. The van der Waals surface area contributed by atoms with Crippen molar-refractivity contribution in [1.82, 2.24) is 4.90 Å². The Morgan fingerprint density at radius 1 is 1.00 bits per heavy atom. The molecule has 3 aromatic carbocycles. The monoisotopic (exact) mass is 430 g/mol. The Bertz CT molecular complexity index is 1110. The van der Waals surface area contributed by atoms with Crippen LogP contribution < -0.4 is 14.8 Å². The number of rotatable bonds is 6. The number of nitrogens with one attached hydrogen (secondary N) is 1. The Kier molecular flexibility index (Phi) is 6.47. The summed E-state index contributed by atoms with van der Waals surface area (Å²) in [7, 11) is 3.31. The standard InChI is InChI=1S/C27H30N2O3/c1-18-10-11-23(19(2)14-18)28-26(30)17-29-13-12-21-15-24(31-3)25(32-4)16-22(21)27(29)20-8-6-5-7-9-20/h5-11,14-16,27H,12-13,17H2,1-4H3,(H,28,30). The van der Waals surface area contributed by atoms with Gasteiger partial charge >= 0.3 is 0 Å². The number of aryl methyl sites for hydroxylation is 2. The molecule has 166 valence electrons. The van der Waals surface area contributed by atoms with E-state index >= 15 is 0 Å². The lowest BCUT2D eigenvalue weighted by molar-refractivity contribution is -0.117. The Morgan fingerprint density at radius 2 is 1.72 bits per heavy atom. The van der Waals surface area contributed by atoms with Crippen LogP contribution in [0.25, 0.3) is 0 Å². The highest BCUT2D eigenvalue weighted by atomic mass is 16.5. The van der Waals surface area contributed by atoms with Crippen LogP contribution in [-0.4, -0.2) is 38.1 Å². The van der Waals surface area contributed by atoms with Gasteiger partial charge in [0.2, 0.25) is 5.91 Å². The van der Waals surface area contributed by atoms with Crippen LogP contribution in [-0.2, 0) is 11.2 Å². The largest absolute Gasteiger partial charge is 0.493 e. The van der Waals surface area contributed by atoms with E-state index in [0.717, 1.165) is 41.1 Å². The van der Waals surface area contributed by atoms with Crippen molar-refractivity contribution in [2.24, 2.45) is 0 Å². The first-order valence-electron chi connectivity index (χ1n) is 10.9. The first-order chi connectivity index (χ1) is 15.5. The molecule has 1 atom stereocenters. The fourth-order valence-electron chi connectivity index (χ4n) is 4.52.